The number of rotatable bonds is 6. The van der Waals surface area contributed by atoms with Gasteiger partial charge in [-0.1, -0.05) is 0 Å². The highest BCUT2D eigenvalue weighted by molar-refractivity contribution is 4.74. The van der Waals surface area contributed by atoms with Gasteiger partial charge in [-0.05, 0) is 20.8 Å². The smallest absolute Gasteiger partial charge is 0.0693 e. The molecule has 16 heavy (non-hydrogen) atoms. The third-order valence-electron chi connectivity index (χ3n) is 3.45. The number of methoxy groups -OCH3 is 1. The summed E-state index contributed by atoms with van der Waals surface area (Å²) in [5.74, 6) is 0. The maximum absolute atomic E-state index is 5.41. The summed E-state index contributed by atoms with van der Waals surface area (Å²) < 4.78 is 10.7. The van der Waals surface area contributed by atoms with Crippen LogP contribution < -0.4 is 5.32 Å². The minimum Gasteiger partial charge on any atom is -0.380 e. The van der Waals surface area contributed by atoms with Crippen molar-refractivity contribution in [3.63, 3.8) is 0 Å². The van der Waals surface area contributed by atoms with Gasteiger partial charge >= 0.3 is 0 Å². The van der Waals surface area contributed by atoms with Crippen LogP contribution in [0.5, 0.6) is 0 Å². The average Bonchev–Trinajstić information content (AvgIpc) is 2.30. The quantitative estimate of drug-likeness (QED) is 0.729. The molecular formula is C12H26N2O2. The molecule has 0 aromatic rings. The SMILES string of the molecule is COC(C)C(C)NCCN1CCOCC1C. The summed E-state index contributed by atoms with van der Waals surface area (Å²) in [5.41, 5.74) is 0. The lowest BCUT2D eigenvalue weighted by Crippen LogP contribution is -2.48. The van der Waals surface area contributed by atoms with Crippen LogP contribution in [0.2, 0.25) is 0 Å². The largest absolute Gasteiger partial charge is 0.380 e. The third kappa shape index (κ3) is 4.37. The molecule has 1 heterocycles. The zero-order chi connectivity index (χ0) is 12.0. The van der Waals surface area contributed by atoms with Crippen molar-refractivity contribution in [2.24, 2.45) is 0 Å². The molecule has 0 amide bonds. The van der Waals surface area contributed by atoms with Crippen LogP contribution in [0, 0.1) is 0 Å². The van der Waals surface area contributed by atoms with Crippen LogP contribution in [0.1, 0.15) is 20.8 Å². The molecule has 0 radical (unpaired) electrons. The van der Waals surface area contributed by atoms with E-state index in [2.05, 4.69) is 31.0 Å². The molecule has 4 heteroatoms. The molecule has 96 valence electrons. The molecule has 1 aliphatic heterocycles. The number of nitrogens with zero attached hydrogens (tertiary/aromatic N) is 1. The first-order valence-corrected chi connectivity index (χ1v) is 6.23. The van der Waals surface area contributed by atoms with Crippen molar-refractivity contribution in [1.82, 2.24) is 10.2 Å². The Bertz CT molecular complexity index is 190. The summed E-state index contributed by atoms with van der Waals surface area (Å²) >= 11 is 0. The highest BCUT2D eigenvalue weighted by Gasteiger charge is 2.18. The van der Waals surface area contributed by atoms with Crippen LogP contribution in [0.25, 0.3) is 0 Å². The van der Waals surface area contributed by atoms with Gasteiger partial charge in [0.15, 0.2) is 0 Å². The molecule has 3 atom stereocenters. The molecule has 1 saturated heterocycles. The first-order chi connectivity index (χ1) is 7.65. The van der Waals surface area contributed by atoms with Gasteiger partial charge in [0.1, 0.15) is 0 Å². The Morgan fingerprint density at radius 1 is 1.50 bits per heavy atom. The Morgan fingerprint density at radius 2 is 2.25 bits per heavy atom. The Balaban J connectivity index is 2.14. The Kier molecular flexibility index (Phi) is 6.28. The summed E-state index contributed by atoms with van der Waals surface area (Å²) in [6.45, 7) is 11.4. The monoisotopic (exact) mass is 230 g/mol. The van der Waals surface area contributed by atoms with Gasteiger partial charge in [-0.3, -0.25) is 4.90 Å². The Morgan fingerprint density at radius 3 is 2.88 bits per heavy atom. The summed E-state index contributed by atoms with van der Waals surface area (Å²) in [5, 5.41) is 3.49. The zero-order valence-corrected chi connectivity index (χ0v) is 11.0. The predicted octanol–water partition coefficient (Wildman–Crippen LogP) is 0.720. The van der Waals surface area contributed by atoms with Crippen LogP contribution in [0.3, 0.4) is 0 Å². The van der Waals surface area contributed by atoms with E-state index in [9.17, 15) is 0 Å². The second kappa shape index (κ2) is 7.22. The van der Waals surface area contributed by atoms with E-state index in [0.717, 1.165) is 32.8 Å². The number of hydrogen-bond acceptors (Lipinski definition) is 4. The molecule has 1 aliphatic rings. The molecule has 3 unspecified atom stereocenters. The van der Waals surface area contributed by atoms with Gasteiger partial charge in [-0.25, -0.2) is 0 Å². The van der Waals surface area contributed by atoms with E-state index in [4.69, 9.17) is 9.47 Å². The van der Waals surface area contributed by atoms with E-state index in [1.807, 2.05) is 0 Å². The van der Waals surface area contributed by atoms with Crippen LogP contribution >= 0.6 is 0 Å². The van der Waals surface area contributed by atoms with Gasteiger partial charge in [0, 0.05) is 38.8 Å². The lowest BCUT2D eigenvalue weighted by atomic mass is 10.2. The van der Waals surface area contributed by atoms with Gasteiger partial charge in [-0.15, -0.1) is 0 Å². The van der Waals surface area contributed by atoms with Crippen molar-refractivity contribution in [2.45, 2.75) is 39.0 Å². The van der Waals surface area contributed by atoms with Gasteiger partial charge in [-0.2, -0.15) is 0 Å². The fraction of sp³-hybridized carbons (Fsp3) is 1.00. The van der Waals surface area contributed by atoms with Crippen LogP contribution in [0.15, 0.2) is 0 Å². The molecule has 0 bridgehead atoms. The number of hydrogen-bond donors (Lipinski definition) is 1. The van der Waals surface area contributed by atoms with Crippen molar-refractivity contribution >= 4 is 0 Å². The minimum absolute atomic E-state index is 0.266. The van der Waals surface area contributed by atoms with E-state index in [0.29, 0.717) is 12.1 Å². The van der Waals surface area contributed by atoms with Crippen molar-refractivity contribution in [3.05, 3.63) is 0 Å². The first-order valence-electron chi connectivity index (χ1n) is 6.23. The lowest BCUT2D eigenvalue weighted by molar-refractivity contribution is -0.000646. The summed E-state index contributed by atoms with van der Waals surface area (Å²) in [7, 11) is 1.76. The predicted molar refractivity (Wildman–Crippen MR) is 65.8 cm³/mol. The fourth-order valence-electron chi connectivity index (χ4n) is 1.90. The van der Waals surface area contributed by atoms with Gasteiger partial charge < -0.3 is 14.8 Å². The van der Waals surface area contributed by atoms with Crippen molar-refractivity contribution in [1.29, 1.82) is 0 Å². The molecule has 0 saturated carbocycles. The highest BCUT2D eigenvalue weighted by atomic mass is 16.5. The molecule has 0 aromatic carbocycles. The number of nitrogens with one attached hydrogen (secondary N) is 1. The number of ether oxygens (including phenoxy) is 2. The second-order valence-corrected chi connectivity index (χ2v) is 4.64. The standard InChI is InChI=1S/C12H26N2O2/c1-10-9-16-8-7-14(10)6-5-13-11(2)12(3)15-4/h10-13H,5-9H2,1-4H3. The van der Waals surface area contributed by atoms with Gasteiger partial charge in [0.05, 0.1) is 19.3 Å². The Hall–Kier alpha value is -0.160. The maximum Gasteiger partial charge on any atom is 0.0693 e. The summed E-state index contributed by atoms with van der Waals surface area (Å²) in [6, 6.07) is 0.951. The van der Waals surface area contributed by atoms with Gasteiger partial charge in [0.2, 0.25) is 0 Å². The van der Waals surface area contributed by atoms with Crippen molar-refractivity contribution < 1.29 is 9.47 Å². The van der Waals surface area contributed by atoms with Crippen molar-refractivity contribution in [2.75, 3.05) is 40.0 Å². The van der Waals surface area contributed by atoms with E-state index < -0.39 is 0 Å². The molecule has 1 fully saturated rings. The minimum atomic E-state index is 0.266. The molecule has 1 N–H and O–H groups in total. The summed E-state index contributed by atoms with van der Waals surface area (Å²) in [6.07, 6.45) is 0.266. The number of morpholine rings is 1. The average molecular weight is 230 g/mol. The normalized spacial score (nSPS) is 26.6. The molecule has 0 spiro atoms. The van der Waals surface area contributed by atoms with Gasteiger partial charge in [0.25, 0.3) is 0 Å². The summed E-state index contributed by atoms with van der Waals surface area (Å²) in [4.78, 5) is 2.47. The van der Waals surface area contributed by atoms with E-state index >= 15 is 0 Å². The molecule has 0 aromatic heterocycles. The van der Waals surface area contributed by atoms with Crippen molar-refractivity contribution in [3.8, 4) is 0 Å². The molecular weight excluding hydrogens is 204 g/mol. The molecule has 1 rings (SSSR count). The Labute approximate surface area is 99.3 Å². The fourth-order valence-corrected chi connectivity index (χ4v) is 1.90. The zero-order valence-electron chi connectivity index (χ0n) is 11.0. The molecule has 4 nitrogen and oxygen atoms in total. The molecule has 0 aliphatic carbocycles. The first kappa shape index (κ1) is 13.9. The third-order valence-corrected chi connectivity index (χ3v) is 3.45. The van der Waals surface area contributed by atoms with Crippen LogP contribution in [-0.2, 0) is 9.47 Å². The van der Waals surface area contributed by atoms with E-state index in [1.165, 1.54) is 0 Å². The van der Waals surface area contributed by atoms with E-state index in [1.54, 1.807) is 7.11 Å². The second-order valence-electron chi connectivity index (χ2n) is 4.64. The highest BCUT2D eigenvalue weighted by Crippen LogP contribution is 2.04. The maximum atomic E-state index is 5.41. The lowest BCUT2D eigenvalue weighted by Gasteiger charge is -2.33. The van der Waals surface area contributed by atoms with Crippen LogP contribution in [-0.4, -0.2) is 63.0 Å². The topological polar surface area (TPSA) is 33.7 Å². The van der Waals surface area contributed by atoms with Crippen LogP contribution in [0.4, 0.5) is 0 Å². The van der Waals surface area contributed by atoms with E-state index in [-0.39, 0.29) is 6.10 Å².